The van der Waals surface area contributed by atoms with Gasteiger partial charge in [-0.05, 0) is 12.8 Å². The Morgan fingerprint density at radius 1 is 1.22 bits per heavy atom. The molecule has 1 heterocycles. The first-order chi connectivity index (χ1) is 4.30. The summed E-state index contributed by atoms with van der Waals surface area (Å²) in [6.45, 7) is 1.91. The Bertz CT molecular complexity index is 79.1. The van der Waals surface area contributed by atoms with Crippen LogP contribution in [0.15, 0.2) is 0 Å². The molecule has 0 aromatic heterocycles. The van der Waals surface area contributed by atoms with Crippen molar-refractivity contribution >= 4 is 0 Å². The van der Waals surface area contributed by atoms with E-state index in [2.05, 4.69) is 0 Å². The Morgan fingerprint density at radius 2 is 1.78 bits per heavy atom. The van der Waals surface area contributed by atoms with Gasteiger partial charge in [0.1, 0.15) is 0 Å². The molecule has 0 aliphatic carbocycles. The lowest BCUT2D eigenvalue weighted by atomic mass is 10.1. The van der Waals surface area contributed by atoms with E-state index < -0.39 is 6.35 Å². The van der Waals surface area contributed by atoms with E-state index in [9.17, 15) is 0 Å². The third kappa shape index (κ3) is 1.93. The van der Waals surface area contributed by atoms with Crippen LogP contribution in [0, 0.1) is 0 Å². The zero-order chi connectivity index (χ0) is 6.69. The SMILES string of the molecule is NC(O)N1CCCCC1. The minimum Gasteiger partial charge on any atom is -0.365 e. The first-order valence-electron chi connectivity index (χ1n) is 3.48. The van der Waals surface area contributed by atoms with Gasteiger partial charge >= 0.3 is 0 Å². The molecule has 3 nitrogen and oxygen atoms in total. The molecule has 0 aromatic rings. The van der Waals surface area contributed by atoms with E-state index >= 15 is 0 Å². The van der Waals surface area contributed by atoms with E-state index in [0.717, 1.165) is 13.1 Å². The van der Waals surface area contributed by atoms with E-state index in [0.29, 0.717) is 0 Å². The molecule has 0 aromatic carbocycles. The fraction of sp³-hybridized carbons (Fsp3) is 1.00. The molecular formula is C6H14N2O. The molecule has 3 N–H and O–H groups in total. The molecule has 0 saturated carbocycles. The van der Waals surface area contributed by atoms with Crippen LogP contribution < -0.4 is 5.73 Å². The summed E-state index contributed by atoms with van der Waals surface area (Å²) in [4.78, 5) is 1.89. The average Bonchev–Trinajstić information content (AvgIpc) is 1.90. The standard InChI is InChI=1S/C6H14N2O/c7-6(9)8-4-2-1-3-5-8/h6,9H,1-5,7H2. The molecule has 0 amide bonds. The van der Waals surface area contributed by atoms with Gasteiger partial charge in [-0.2, -0.15) is 0 Å². The van der Waals surface area contributed by atoms with Gasteiger partial charge in [0.05, 0.1) is 0 Å². The van der Waals surface area contributed by atoms with Crippen molar-refractivity contribution in [1.82, 2.24) is 4.90 Å². The molecule has 0 spiro atoms. The lowest BCUT2D eigenvalue weighted by molar-refractivity contribution is -0.00260. The summed E-state index contributed by atoms with van der Waals surface area (Å²) in [5, 5.41) is 8.88. The van der Waals surface area contributed by atoms with Crippen molar-refractivity contribution < 1.29 is 5.11 Å². The lowest BCUT2D eigenvalue weighted by Crippen LogP contribution is -2.44. The highest BCUT2D eigenvalue weighted by molar-refractivity contribution is 4.63. The monoisotopic (exact) mass is 130 g/mol. The van der Waals surface area contributed by atoms with Gasteiger partial charge in [-0.3, -0.25) is 10.6 Å². The van der Waals surface area contributed by atoms with Gasteiger partial charge in [-0.25, -0.2) is 0 Å². The van der Waals surface area contributed by atoms with Crippen molar-refractivity contribution in [3.8, 4) is 0 Å². The summed E-state index contributed by atoms with van der Waals surface area (Å²) < 4.78 is 0. The van der Waals surface area contributed by atoms with Gasteiger partial charge in [-0.15, -0.1) is 0 Å². The van der Waals surface area contributed by atoms with Crippen LogP contribution in [0.4, 0.5) is 0 Å². The quantitative estimate of drug-likeness (QED) is 0.479. The number of piperidine rings is 1. The number of likely N-dealkylation sites (tertiary alicyclic amines) is 1. The minimum absolute atomic E-state index is 0.731. The molecule has 0 bridgehead atoms. The summed E-state index contributed by atoms with van der Waals surface area (Å²) in [5.41, 5.74) is 5.25. The van der Waals surface area contributed by atoms with E-state index in [1.54, 1.807) is 0 Å². The molecule has 3 heteroatoms. The minimum atomic E-state index is -0.731. The number of nitrogens with zero attached hydrogens (tertiary/aromatic N) is 1. The van der Waals surface area contributed by atoms with Crippen LogP contribution in [-0.2, 0) is 0 Å². The Hall–Kier alpha value is -0.120. The summed E-state index contributed by atoms with van der Waals surface area (Å²) >= 11 is 0. The van der Waals surface area contributed by atoms with Crippen molar-refractivity contribution in [2.45, 2.75) is 25.6 Å². The Labute approximate surface area is 55.5 Å². The van der Waals surface area contributed by atoms with Crippen molar-refractivity contribution in [3.63, 3.8) is 0 Å². The van der Waals surface area contributed by atoms with Crippen LogP contribution in [0.2, 0.25) is 0 Å². The van der Waals surface area contributed by atoms with E-state index in [1.807, 2.05) is 4.90 Å². The molecule has 1 aliphatic heterocycles. The van der Waals surface area contributed by atoms with Crippen LogP contribution in [-0.4, -0.2) is 29.4 Å². The second-order valence-electron chi connectivity index (χ2n) is 2.51. The molecule has 0 radical (unpaired) electrons. The van der Waals surface area contributed by atoms with Crippen LogP contribution >= 0.6 is 0 Å². The van der Waals surface area contributed by atoms with Crippen molar-refractivity contribution in [2.75, 3.05) is 13.1 Å². The number of hydrogen-bond donors (Lipinski definition) is 2. The van der Waals surface area contributed by atoms with Crippen LogP contribution in [0.5, 0.6) is 0 Å². The van der Waals surface area contributed by atoms with Crippen LogP contribution in [0.3, 0.4) is 0 Å². The lowest BCUT2D eigenvalue weighted by Gasteiger charge is -2.28. The van der Waals surface area contributed by atoms with E-state index in [4.69, 9.17) is 10.8 Å². The number of aliphatic hydroxyl groups is 1. The molecule has 1 unspecified atom stereocenters. The van der Waals surface area contributed by atoms with Gasteiger partial charge in [0.15, 0.2) is 6.35 Å². The Morgan fingerprint density at radius 3 is 2.11 bits per heavy atom. The van der Waals surface area contributed by atoms with Crippen molar-refractivity contribution in [1.29, 1.82) is 0 Å². The van der Waals surface area contributed by atoms with Crippen molar-refractivity contribution in [3.05, 3.63) is 0 Å². The number of hydrogen-bond acceptors (Lipinski definition) is 3. The molecule has 1 rings (SSSR count). The molecule has 54 valence electrons. The molecule has 1 aliphatic rings. The van der Waals surface area contributed by atoms with Gasteiger partial charge < -0.3 is 5.11 Å². The van der Waals surface area contributed by atoms with Gasteiger partial charge in [0, 0.05) is 13.1 Å². The maximum Gasteiger partial charge on any atom is 0.160 e. The predicted molar refractivity (Wildman–Crippen MR) is 35.6 cm³/mol. The third-order valence-electron chi connectivity index (χ3n) is 1.76. The molecule has 1 saturated heterocycles. The summed E-state index contributed by atoms with van der Waals surface area (Å²) in [5.74, 6) is 0. The summed E-state index contributed by atoms with van der Waals surface area (Å²) in [7, 11) is 0. The van der Waals surface area contributed by atoms with Gasteiger partial charge in [0.2, 0.25) is 0 Å². The van der Waals surface area contributed by atoms with Crippen LogP contribution in [0.25, 0.3) is 0 Å². The third-order valence-corrected chi connectivity index (χ3v) is 1.76. The van der Waals surface area contributed by atoms with Crippen LogP contribution in [0.1, 0.15) is 19.3 Å². The summed E-state index contributed by atoms with van der Waals surface area (Å²) in [6, 6.07) is 0. The van der Waals surface area contributed by atoms with E-state index in [1.165, 1.54) is 19.3 Å². The Balaban J connectivity index is 2.23. The second kappa shape index (κ2) is 3.15. The molecule has 1 fully saturated rings. The highest BCUT2D eigenvalue weighted by Gasteiger charge is 2.13. The molecule has 1 atom stereocenters. The molecular weight excluding hydrogens is 116 g/mol. The largest absolute Gasteiger partial charge is 0.365 e. The van der Waals surface area contributed by atoms with Gasteiger partial charge in [0.25, 0.3) is 0 Å². The van der Waals surface area contributed by atoms with Gasteiger partial charge in [-0.1, -0.05) is 6.42 Å². The first-order valence-corrected chi connectivity index (χ1v) is 3.48. The zero-order valence-corrected chi connectivity index (χ0v) is 5.58. The van der Waals surface area contributed by atoms with E-state index in [-0.39, 0.29) is 0 Å². The first kappa shape index (κ1) is 6.99. The highest BCUT2D eigenvalue weighted by atomic mass is 16.3. The zero-order valence-electron chi connectivity index (χ0n) is 5.58. The topological polar surface area (TPSA) is 49.5 Å². The Kier molecular flexibility index (Phi) is 2.45. The predicted octanol–water partition coefficient (Wildman–Crippen LogP) is -0.293. The maximum atomic E-state index is 8.88. The smallest absolute Gasteiger partial charge is 0.160 e. The number of rotatable bonds is 1. The summed E-state index contributed by atoms with van der Waals surface area (Å²) in [6.07, 6.45) is 2.90. The molecule has 9 heavy (non-hydrogen) atoms. The van der Waals surface area contributed by atoms with Crippen molar-refractivity contribution in [2.24, 2.45) is 5.73 Å². The maximum absolute atomic E-state index is 8.88. The second-order valence-corrected chi connectivity index (χ2v) is 2.51. The number of aliphatic hydroxyl groups excluding tert-OH is 1. The fourth-order valence-electron chi connectivity index (χ4n) is 1.18. The fourth-order valence-corrected chi connectivity index (χ4v) is 1.18. The normalized spacial score (nSPS) is 26.0. The highest BCUT2D eigenvalue weighted by Crippen LogP contribution is 2.08. The number of nitrogens with two attached hydrogens (primary N) is 1. The average molecular weight is 130 g/mol.